The average molecular weight is 298 g/mol. The highest BCUT2D eigenvalue weighted by atomic mass is 32.1. The Kier molecular flexibility index (Phi) is 4.93. The number of nitrogens with zero attached hydrogens (tertiary/aromatic N) is 3. The van der Waals surface area contributed by atoms with Crippen LogP contribution in [0.4, 0.5) is 0 Å². The summed E-state index contributed by atoms with van der Waals surface area (Å²) in [6, 6.07) is 0. The van der Waals surface area contributed by atoms with E-state index in [2.05, 4.69) is 17.1 Å². The molecule has 2 atom stereocenters. The zero-order valence-corrected chi connectivity index (χ0v) is 13.1. The van der Waals surface area contributed by atoms with Crippen molar-refractivity contribution >= 4 is 18.1 Å². The van der Waals surface area contributed by atoms with E-state index >= 15 is 0 Å². The third-order valence-corrected chi connectivity index (χ3v) is 3.69. The normalized spacial score (nSPS) is 23.1. The first-order chi connectivity index (χ1) is 9.51. The van der Waals surface area contributed by atoms with E-state index in [1.54, 1.807) is 4.57 Å². The summed E-state index contributed by atoms with van der Waals surface area (Å²) in [5.41, 5.74) is 0. The molecule has 1 aromatic rings. The Balaban J connectivity index is 2.07. The van der Waals surface area contributed by atoms with Crippen molar-refractivity contribution in [1.82, 2.24) is 19.7 Å². The molecular formula is C13H22N4O2S. The number of H-pyrrole nitrogens is 1. The fraction of sp³-hybridized carbons (Fsp3) is 0.769. The summed E-state index contributed by atoms with van der Waals surface area (Å²) in [6.07, 6.45) is 1.95. The van der Waals surface area contributed by atoms with Crippen LogP contribution < -0.4 is 0 Å². The van der Waals surface area contributed by atoms with Crippen LogP contribution in [0.2, 0.25) is 0 Å². The van der Waals surface area contributed by atoms with Crippen LogP contribution in [-0.2, 0) is 22.5 Å². The van der Waals surface area contributed by atoms with Gasteiger partial charge in [-0.1, -0.05) is 6.92 Å². The third kappa shape index (κ3) is 3.46. The molecule has 1 amide bonds. The number of hydrogen-bond donors (Lipinski definition) is 1. The number of aromatic nitrogens is 3. The van der Waals surface area contributed by atoms with Gasteiger partial charge < -0.3 is 9.64 Å². The quantitative estimate of drug-likeness (QED) is 0.856. The molecule has 0 saturated carbocycles. The van der Waals surface area contributed by atoms with E-state index in [-0.39, 0.29) is 24.7 Å². The summed E-state index contributed by atoms with van der Waals surface area (Å²) in [5.74, 6) is 0.919. The summed E-state index contributed by atoms with van der Waals surface area (Å²) < 4.78 is 7.96. The summed E-state index contributed by atoms with van der Waals surface area (Å²) >= 11 is 5.20. The van der Waals surface area contributed by atoms with Crippen LogP contribution in [0.3, 0.4) is 0 Å². The molecule has 7 heteroatoms. The average Bonchev–Trinajstić information content (AvgIpc) is 2.71. The van der Waals surface area contributed by atoms with Gasteiger partial charge >= 0.3 is 0 Å². The minimum Gasteiger partial charge on any atom is -0.372 e. The molecule has 112 valence electrons. The Morgan fingerprint density at radius 3 is 2.70 bits per heavy atom. The lowest BCUT2D eigenvalue weighted by Crippen LogP contribution is -2.49. The lowest BCUT2D eigenvalue weighted by Gasteiger charge is -2.35. The van der Waals surface area contributed by atoms with Gasteiger partial charge in [-0.05, 0) is 32.5 Å². The van der Waals surface area contributed by atoms with E-state index in [9.17, 15) is 4.79 Å². The fourth-order valence-corrected chi connectivity index (χ4v) is 2.76. The Bertz CT molecular complexity index is 515. The summed E-state index contributed by atoms with van der Waals surface area (Å²) in [7, 11) is 0. The van der Waals surface area contributed by atoms with Crippen molar-refractivity contribution in [3.05, 3.63) is 10.6 Å². The number of carbonyl (C=O) groups is 1. The van der Waals surface area contributed by atoms with Crippen LogP contribution in [0.1, 0.15) is 33.0 Å². The molecule has 20 heavy (non-hydrogen) atoms. The Labute approximate surface area is 124 Å². The standard InChI is InChI=1S/C13H22N4O2S/c1-4-5-11-14-15-13(20)17(11)8-12(18)16-6-9(2)19-10(3)7-16/h9-10H,4-8H2,1-3H3,(H,15,20). The zero-order chi connectivity index (χ0) is 14.7. The monoisotopic (exact) mass is 298 g/mol. The topological polar surface area (TPSA) is 63.2 Å². The number of amides is 1. The number of hydrogen-bond acceptors (Lipinski definition) is 4. The van der Waals surface area contributed by atoms with Crippen LogP contribution >= 0.6 is 12.2 Å². The molecule has 0 bridgehead atoms. The van der Waals surface area contributed by atoms with E-state index in [0.717, 1.165) is 18.7 Å². The highest BCUT2D eigenvalue weighted by Gasteiger charge is 2.26. The maximum Gasteiger partial charge on any atom is 0.242 e. The molecule has 0 aromatic carbocycles. The van der Waals surface area contributed by atoms with Gasteiger partial charge in [0.1, 0.15) is 12.4 Å². The van der Waals surface area contributed by atoms with Crippen molar-refractivity contribution in [3.8, 4) is 0 Å². The Hall–Kier alpha value is -1.21. The van der Waals surface area contributed by atoms with Gasteiger partial charge in [0.15, 0.2) is 4.77 Å². The molecular weight excluding hydrogens is 276 g/mol. The van der Waals surface area contributed by atoms with Crippen molar-refractivity contribution < 1.29 is 9.53 Å². The molecule has 2 heterocycles. The van der Waals surface area contributed by atoms with Gasteiger partial charge in [0.25, 0.3) is 0 Å². The molecule has 1 N–H and O–H groups in total. The van der Waals surface area contributed by atoms with Gasteiger partial charge in [0.2, 0.25) is 5.91 Å². The van der Waals surface area contributed by atoms with Crippen molar-refractivity contribution in [1.29, 1.82) is 0 Å². The van der Waals surface area contributed by atoms with Gasteiger partial charge in [-0.25, -0.2) is 0 Å². The molecule has 1 aliphatic heterocycles. The lowest BCUT2D eigenvalue weighted by molar-refractivity contribution is -0.143. The number of carbonyl (C=O) groups excluding carboxylic acids is 1. The van der Waals surface area contributed by atoms with E-state index in [4.69, 9.17) is 17.0 Å². The largest absolute Gasteiger partial charge is 0.372 e. The lowest BCUT2D eigenvalue weighted by atomic mass is 10.2. The molecule has 0 spiro atoms. The van der Waals surface area contributed by atoms with Gasteiger partial charge in [-0.3, -0.25) is 14.5 Å². The molecule has 2 rings (SSSR count). The highest BCUT2D eigenvalue weighted by Crippen LogP contribution is 2.12. The van der Waals surface area contributed by atoms with Crippen LogP contribution in [0.5, 0.6) is 0 Å². The van der Waals surface area contributed by atoms with Gasteiger partial charge in [0.05, 0.1) is 12.2 Å². The molecule has 1 saturated heterocycles. The molecule has 0 aliphatic carbocycles. The summed E-state index contributed by atoms with van der Waals surface area (Å²) in [4.78, 5) is 14.3. The number of aryl methyl sites for hydroxylation is 1. The molecule has 2 unspecified atom stereocenters. The minimum atomic E-state index is 0.0712. The van der Waals surface area contributed by atoms with Crippen molar-refractivity contribution in [3.63, 3.8) is 0 Å². The Morgan fingerprint density at radius 2 is 2.10 bits per heavy atom. The number of ether oxygens (including phenoxy) is 1. The third-order valence-electron chi connectivity index (χ3n) is 3.38. The maximum absolute atomic E-state index is 12.4. The van der Waals surface area contributed by atoms with E-state index in [1.807, 2.05) is 18.7 Å². The van der Waals surface area contributed by atoms with E-state index in [0.29, 0.717) is 17.9 Å². The predicted molar refractivity (Wildman–Crippen MR) is 78.0 cm³/mol. The Morgan fingerprint density at radius 1 is 1.45 bits per heavy atom. The zero-order valence-electron chi connectivity index (χ0n) is 12.3. The van der Waals surface area contributed by atoms with Crippen LogP contribution in [0.15, 0.2) is 0 Å². The second-order valence-electron chi connectivity index (χ2n) is 5.34. The summed E-state index contributed by atoms with van der Waals surface area (Å²) in [6.45, 7) is 7.58. The van der Waals surface area contributed by atoms with Gasteiger partial charge in [-0.2, -0.15) is 5.10 Å². The second kappa shape index (κ2) is 6.49. The molecule has 0 radical (unpaired) electrons. The number of nitrogens with one attached hydrogen (secondary N) is 1. The fourth-order valence-electron chi connectivity index (χ4n) is 2.54. The smallest absolute Gasteiger partial charge is 0.242 e. The van der Waals surface area contributed by atoms with Gasteiger partial charge in [0, 0.05) is 19.5 Å². The first kappa shape index (κ1) is 15.2. The number of morpholine rings is 1. The molecule has 1 aromatic heterocycles. The van der Waals surface area contributed by atoms with Gasteiger partial charge in [-0.15, -0.1) is 0 Å². The van der Waals surface area contributed by atoms with Crippen molar-refractivity contribution in [2.45, 2.75) is 52.4 Å². The van der Waals surface area contributed by atoms with E-state index in [1.165, 1.54) is 0 Å². The first-order valence-corrected chi connectivity index (χ1v) is 7.49. The number of rotatable bonds is 4. The minimum absolute atomic E-state index is 0.0712. The van der Waals surface area contributed by atoms with Crippen LogP contribution in [0, 0.1) is 4.77 Å². The van der Waals surface area contributed by atoms with Crippen molar-refractivity contribution in [2.24, 2.45) is 0 Å². The highest BCUT2D eigenvalue weighted by molar-refractivity contribution is 7.71. The molecule has 1 fully saturated rings. The predicted octanol–water partition coefficient (Wildman–Crippen LogP) is 1.53. The number of aromatic amines is 1. The van der Waals surface area contributed by atoms with E-state index < -0.39 is 0 Å². The SMILES string of the molecule is CCCc1n[nH]c(=S)n1CC(=O)N1CC(C)OC(C)C1. The first-order valence-electron chi connectivity index (χ1n) is 7.08. The maximum atomic E-state index is 12.4. The summed E-state index contributed by atoms with van der Waals surface area (Å²) in [5, 5.41) is 6.95. The molecule has 1 aliphatic rings. The van der Waals surface area contributed by atoms with Crippen molar-refractivity contribution in [2.75, 3.05) is 13.1 Å². The van der Waals surface area contributed by atoms with Crippen LogP contribution in [0.25, 0.3) is 0 Å². The second-order valence-corrected chi connectivity index (χ2v) is 5.72. The van der Waals surface area contributed by atoms with Crippen LogP contribution in [-0.4, -0.2) is 50.9 Å². The molecule has 6 nitrogen and oxygen atoms in total.